The molecule has 0 saturated heterocycles. The first-order valence-electron chi connectivity index (χ1n) is 8.21. The van der Waals surface area contributed by atoms with Crippen molar-refractivity contribution in [1.82, 2.24) is 0 Å². The molecule has 0 unspecified atom stereocenters. The number of aliphatic carboxylic acids is 1. The van der Waals surface area contributed by atoms with Crippen LogP contribution in [0.3, 0.4) is 0 Å². The number of benzene rings is 2. The van der Waals surface area contributed by atoms with Crippen LogP contribution >= 0.6 is 0 Å². The van der Waals surface area contributed by atoms with Gasteiger partial charge in [-0.05, 0) is 30.7 Å². The van der Waals surface area contributed by atoms with Gasteiger partial charge in [-0.1, -0.05) is 42.5 Å². The molecule has 0 aliphatic carbocycles. The zero-order valence-corrected chi connectivity index (χ0v) is 14.2. The normalized spacial score (nSPS) is 11.3. The van der Waals surface area contributed by atoms with E-state index in [0.717, 1.165) is 17.2 Å². The standard InChI is InChI=1S/C20H22O5/c1-24-19(21)13-4-2-3-9-16(20(22)23)14-25-18-12-7-10-15-8-5-6-11-17(15)18/h5-12H,2-4,13-14H2,1H3,(H,22,23)/b16-9-. The number of fused-ring (bicyclic) bond motifs is 1. The number of rotatable bonds is 9. The minimum atomic E-state index is -0.992. The molecular weight excluding hydrogens is 320 g/mol. The number of esters is 1. The van der Waals surface area contributed by atoms with Crippen molar-refractivity contribution < 1.29 is 24.2 Å². The van der Waals surface area contributed by atoms with E-state index in [1.807, 2.05) is 42.5 Å². The van der Waals surface area contributed by atoms with Crippen LogP contribution in [0.2, 0.25) is 0 Å². The molecule has 0 aliphatic rings. The van der Waals surface area contributed by atoms with E-state index in [4.69, 9.17) is 4.74 Å². The third-order valence-corrected chi connectivity index (χ3v) is 3.86. The molecule has 0 spiro atoms. The molecule has 5 nitrogen and oxygen atoms in total. The van der Waals surface area contributed by atoms with Crippen molar-refractivity contribution >= 4 is 22.7 Å². The van der Waals surface area contributed by atoms with E-state index in [0.29, 0.717) is 25.0 Å². The number of carbonyl (C=O) groups is 2. The van der Waals surface area contributed by atoms with Gasteiger partial charge in [0.05, 0.1) is 12.7 Å². The van der Waals surface area contributed by atoms with Crippen LogP contribution in [0.5, 0.6) is 5.75 Å². The summed E-state index contributed by atoms with van der Waals surface area (Å²) in [6, 6.07) is 13.5. The van der Waals surface area contributed by atoms with Gasteiger partial charge >= 0.3 is 11.9 Å². The molecule has 0 bridgehead atoms. The maximum atomic E-state index is 11.4. The third kappa shape index (κ3) is 5.64. The number of ether oxygens (including phenoxy) is 2. The van der Waals surface area contributed by atoms with Crippen molar-refractivity contribution in [3.8, 4) is 5.75 Å². The number of carboxylic acid groups (broad SMARTS) is 1. The molecule has 2 aromatic carbocycles. The van der Waals surface area contributed by atoms with Gasteiger partial charge in [-0.15, -0.1) is 0 Å². The molecule has 0 heterocycles. The second-order valence-corrected chi connectivity index (χ2v) is 5.62. The van der Waals surface area contributed by atoms with Gasteiger partial charge < -0.3 is 14.6 Å². The summed E-state index contributed by atoms with van der Waals surface area (Å²) in [5.74, 6) is -0.578. The largest absolute Gasteiger partial charge is 0.488 e. The van der Waals surface area contributed by atoms with Gasteiger partial charge in [0.15, 0.2) is 0 Å². The quantitative estimate of drug-likeness (QED) is 0.424. The van der Waals surface area contributed by atoms with E-state index < -0.39 is 5.97 Å². The van der Waals surface area contributed by atoms with Crippen LogP contribution in [-0.2, 0) is 14.3 Å². The first kappa shape index (κ1) is 18.5. The maximum absolute atomic E-state index is 11.4. The Kier molecular flexibility index (Phi) is 7.01. The molecule has 132 valence electrons. The van der Waals surface area contributed by atoms with Gasteiger partial charge in [-0.2, -0.15) is 0 Å². The van der Waals surface area contributed by atoms with Gasteiger partial charge in [0.2, 0.25) is 0 Å². The molecule has 0 saturated carbocycles. The second-order valence-electron chi connectivity index (χ2n) is 5.62. The van der Waals surface area contributed by atoms with Crippen LogP contribution in [0.1, 0.15) is 25.7 Å². The van der Waals surface area contributed by atoms with Crippen molar-refractivity contribution in [2.24, 2.45) is 0 Å². The Balaban J connectivity index is 1.93. The Morgan fingerprint density at radius 2 is 1.84 bits per heavy atom. The number of methoxy groups -OCH3 is 1. The fourth-order valence-corrected chi connectivity index (χ4v) is 2.48. The van der Waals surface area contributed by atoms with Crippen molar-refractivity contribution in [3.05, 3.63) is 54.1 Å². The minimum absolute atomic E-state index is 0.000340. The van der Waals surface area contributed by atoms with E-state index in [1.54, 1.807) is 6.08 Å². The highest BCUT2D eigenvalue weighted by Crippen LogP contribution is 2.25. The number of carboxylic acids is 1. The van der Waals surface area contributed by atoms with Gasteiger partial charge in [0.25, 0.3) is 0 Å². The molecule has 1 N–H and O–H groups in total. The summed E-state index contributed by atoms with van der Waals surface area (Å²) < 4.78 is 10.3. The summed E-state index contributed by atoms with van der Waals surface area (Å²) in [6.07, 6.45) is 3.97. The lowest BCUT2D eigenvalue weighted by atomic mass is 10.1. The number of allylic oxidation sites excluding steroid dienone is 1. The lowest BCUT2D eigenvalue weighted by molar-refractivity contribution is -0.140. The predicted octanol–water partition coefficient (Wildman–Crippen LogP) is 3.96. The fraction of sp³-hybridized carbons (Fsp3) is 0.300. The second kappa shape index (κ2) is 9.47. The molecule has 0 aromatic heterocycles. The highest BCUT2D eigenvalue weighted by molar-refractivity contribution is 5.89. The smallest absolute Gasteiger partial charge is 0.334 e. The van der Waals surface area contributed by atoms with Gasteiger partial charge in [-0.25, -0.2) is 4.79 Å². The van der Waals surface area contributed by atoms with E-state index in [1.165, 1.54) is 7.11 Å². The van der Waals surface area contributed by atoms with Crippen LogP contribution in [-0.4, -0.2) is 30.8 Å². The van der Waals surface area contributed by atoms with Crippen LogP contribution in [0, 0.1) is 0 Å². The summed E-state index contributed by atoms with van der Waals surface area (Å²) in [5.41, 5.74) is 0.214. The van der Waals surface area contributed by atoms with Crippen LogP contribution in [0.4, 0.5) is 0 Å². The summed E-state index contributed by atoms with van der Waals surface area (Å²) in [7, 11) is 1.36. The summed E-state index contributed by atoms with van der Waals surface area (Å²) >= 11 is 0. The van der Waals surface area contributed by atoms with E-state index >= 15 is 0 Å². The average Bonchev–Trinajstić information content (AvgIpc) is 2.63. The Hall–Kier alpha value is -2.82. The molecule has 2 rings (SSSR count). The topological polar surface area (TPSA) is 72.8 Å². The molecule has 2 aromatic rings. The molecule has 25 heavy (non-hydrogen) atoms. The molecule has 0 radical (unpaired) electrons. The highest BCUT2D eigenvalue weighted by atomic mass is 16.5. The first-order valence-corrected chi connectivity index (χ1v) is 8.21. The van der Waals surface area contributed by atoms with Gasteiger partial charge in [0.1, 0.15) is 12.4 Å². The van der Waals surface area contributed by atoms with Crippen molar-refractivity contribution in [3.63, 3.8) is 0 Å². The molecule has 5 heteroatoms. The molecule has 0 atom stereocenters. The highest BCUT2D eigenvalue weighted by Gasteiger charge is 2.09. The van der Waals surface area contributed by atoms with Crippen molar-refractivity contribution in [2.75, 3.05) is 13.7 Å². The van der Waals surface area contributed by atoms with Crippen molar-refractivity contribution in [2.45, 2.75) is 25.7 Å². The number of hydrogen-bond donors (Lipinski definition) is 1. The predicted molar refractivity (Wildman–Crippen MR) is 95.6 cm³/mol. The van der Waals surface area contributed by atoms with E-state index in [9.17, 15) is 14.7 Å². The summed E-state index contributed by atoms with van der Waals surface area (Å²) in [4.78, 5) is 22.4. The Labute approximate surface area is 146 Å². The average molecular weight is 342 g/mol. The minimum Gasteiger partial charge on any atom is -0.488 e. The SMILES string of the molecule is COC(=O)CCCC/C=C(/COc1cccc2ccccc12)C(=O)O. The molecular formula is C20H22O5. The van der Waals surface area contributed by atoms with E-state index in [2.05, 4.69) is 4.74 Å². The Morgan fingerprint density at radius 3 is 2.60 bits per heavy atom. The first-order chi connectivity index (χ1) is 12.1. The molecule has 0 aliphatic heterocycles. The Morgan fingerprint density at radius 1 is 1.08 bits per heavy atom. The maximum Gasteiger partial charge on any atom is 0.334 e. The third-order valence-electron chi connectivity index (χ3n) is 3.86. The van der Waals surface area contributed by atoms with Gasteiger partial charge in [-0.3, -0.25) is 4.79 Å². The van der Waals surface area contributed by atoms with Crippen LogP contribution in [0.25, 0.3) is 10.8 Å². The zero-order valence-electron chi connectivity index (χ0n) is 14.2. The van der Waals surface area contributed by atoms with Crippen LogP contribution < -0.4 is 4.74 Å². The van der Waals surface area contributed by atoms with E-state index in [-0.39, 0.29) is 18.1 Å². The Bertz CT molecular complexity index is 758. The van der Waals surface area contributed by atoms with Crippen molar-refractivity contribution in [1.29, 1.82) is 0 Å². The number of hydrogen-bond acceptors (Lipinski definition) is 4. The monoisotopic (exact) mass is 342 g/mol. The number of carbonyl (C=O) groups excluding carboxylic acids is 1. The summed E-state index contributed by atoms with van der Waals surface area (Å²) in [5, 5.41) is 11.3. The van der Waals surface area contributed by atoms with Crippen LogP contribution in [0.15, 0.2) is 54.1 Å². The molecule has 0 fully saturated rings. The fourth-order valence-electron chi connectivity index (χ4n) is 2.48. The molecule has 0 amide bonds. The lowest BCUT2D eigenvalue weighted by Crippen LogP contribution is -2.10. The van der Waals surface area contributed by atoms with Gasteiger partial charge in [0, 0.05) is 11.8 Å². The summed E-state index contributed by atoms with van der Waals surface area (Å²) in [6.45, 7) is 0.000340. The zero-order chi connectivity index (χ0) is 18.1. The lowest BCUT2D eigenvalue weighted by Gasteiger charge is -2.10. The number of unbranched alkanes of at least 4 members (excludes halogenated alkanes) is 2.